The number of carbonyl (C=O) groups is 1. The Labute approximate surface area is 87.1 Å². The Kier molecular flexibility index (Phi) is 2.92. The number of carboxylic acids is 1. The highest BCUT2D eigenvalue weighted by Gasteiger charge is 2.46. The molecule has 86 valence electrons. The second kappa shape index (κ2) is 4.05. The number of fused-ring (bicyclic) bond motifs is 1. The molecule has 0 saturated carbocycles. The maximum atomic E-state index is 11.0. The van der Waals surface area contributed by atoms with Crippen molar-refractivity contribution in [2.45, 2.75) is 44.7 Å². The highest BCUT2D eigenvalue weighted by molar-refractivity contribution is 5.73. The summed E-state index contributed by atoms with van der Waals surface area (Å²) in [5.41, 5.74) is 0. The van der Waals surface area contributed by atoms with Gasteiger partial charge in [-0.05, 0) is 13.8 Å². The Balaban J connectivity index is 2.12. The summed E-state index contributed by atoms with van der Waals surface area (Å²) >= 11 is 0. The molecule has 0 aromatic carbocycles. The van der Waals surface area contributed by atoms with Gasteiger partial charge in [0.15, 0.2) is 18.7 Å². The third kappa shape index (κ3) is 2.12. The third-order valence-electron chi connectivity index (χ3n) is 2.46. The molecule has 2 fully saturated rings. The first-order valence-electron chi connectivity index (χ1n) is 4.88. The zero-order valence-corrected chi connectivity index (χ0v) is 8.58. The molecule has 0 bridgehead atoms. The minimum atomic E-state index is -1.03. The van der Waals surface area contributed by atoms with Gasteiger partial charge in [-0.2, -0.15) is 0 Å². The number of hydrogen-bond acceptors (Lipinski definition) is 5. The van der Waals surface area contributed by atoms with Crippen LogP contribution in [0.25, 0.3) is 0 Å². The number of aliphatic carboxylic acids is 1. The van der Waals surface area contributed by atoms with Crippen LogP contribution < -0.4 is 0 Å². The molecule has 5 unspecified atom stereocenters. The van der Waals surface area contributed by atoms with Crippen LogP contribution in [0.15, 0.2) is 0 Å². The average molecular weight is 218 g/mol. The van der Waals surface area contributed by atoms with Crippen LogP contribution in [0.3, 0.4) is 0 Å². The van der Waals surface area contributed by atoms with Gasteiger partial charge in [-0.25, -0.2) is 4.79 Å². The van der Waals surface area contributed by atoms with Crippen LogP contribution in [0.1, 0.15) is 13.8 Å². The van der Waals surface area contributed by atoms with Gasteiger partial charge in [-0.3, -0.25) is 0 Å². The van der Waals surface area contributed by atoms with Gasteiger partial charge in [0.05, 0.1) is 6.61 Å². The lowest BCUT2D eigenvalue weighted by Crippen LogP contribution is -2.59. The maximum Gasteiger partial charge on any atom is 0.335 e. The SMILES string of the molecule is CC1OC2COC(C)OC2C(C(=O)O)O1. The first-order valence-corrected chi connectivity index (χ1v) is 4.88. The minimum Gasteiger partial charge on any atom is -0.479 e. The van der Waals surface area contributed by atoms with Crippen LogP contribution in [-0.2, 0) is 23.7 Å². The molecule has 2 saturated heterocycles. The van der Waals surface area contributed by atoms with Crippen LogP contribution in [0.2, 0.25) is 0 Å². The molecule has 0 aromatic heterocycles. The van der Waals surface area contributed by atoms with Crippen LogP contribution in [0, 0.1) is 0 Å². The second-order valence-electron chi connectivity index (χ2n) is 3.64. The molecule has 15 heavy (non-hydrogen) atoms. The molecule has 6 heteroatoms. The number of hydrogen-bond donors (Lipinski definition) is 1. The quantitative estimate of drug-likeness (QED) is 0.665. The van der Waals surface area contributed by atoms with E-state index in [-0.39, 0.29) is 6.10 Å². The molecule has 0 radical (unpaired) electrons. The Morgan fingerprint density at radius 1 is 1.20 bits per heavy atom. The minimum absolute atomic E-state index is 0.337. The normalized spacial score (nSPS) is 45.9. The number of carboxylic acid groups (broad SMARTS) is 1. The summed E-state index contributed by atoms with van der Waals surface area (Å²) in [6, 6.07) is 0. The van der Waals surface area contributed by atoms with Crippen molar-refractivity contribution in [3.8, 4) is 0 Å². The van der Waals surface area contributed by atoms with Crippen LogP contribution >= 0.6 is 0 Å². The fourth-order valence-corrected chi connectivity index (χ4v) is 1.82. The standard InChI is InChI=1S/C9H14O6/c1-4-12-3-6-7(14-4)8(9(10)11)15-5(2)13-6/h4-8H,3H2,1-2H3,(H,10,11). The topological polar surface area (TPSA) is 74.2 Å². The first kappa shape index (κ1) is 10.8. The van der Waals surface area contributed by atoms with Crippen molar-refractivity contribution in [1.82, 2.24) is 0 Å². The van der Waals surface area contributed by atoms with Gasteiger partial charge in [0.2, 0.25) is 0 Å². The molecule has 0 amide bonds. The van der Waals surface area contributed by atoms with E-state index in [1.54, 1.807) is 13.8 Å². The van der Waals surface area contributed by atoms with E-state index in [0.717, 1.165) is 0 Å². The molecule has 0 aliphatic carbocycles. The summed E-state index contributed by atoms with van der Waals surface area (Å²) in [5, 5.41) is 8.98. The summed E-state index contributed by atoms with van der Waals surface area (Å²) in [4.78, 5) is 11.0. The molecular weight excluding hydrogens is 204 g/mol. The molecule has 0 spiro atoms. The second-order valence-corrected chi connectivity index (χ2v) is 3.64. The van der Waals surface area contributed by atoms with E-state index in [1.807, 2.05) is 0 Å². The van der Waals surface area contributed by atoms with E-state index >= 15 is 0 Å². The van der Waals surface area contributed by atoms with E-state index in [2.05, 4.69) is 0 Å². The Hall–Kier alpha value is -0.690. The summed E-state index contributed by atoms with van der Waals surface area (Å²) in [5.74, 6) is -1.03. The summed E-state index contributed by atoms with van der Waals surface area (Å²) in [7, 11) is 0. The van der Waals surface area contributed by atoms with Crippen molar-refractivity contribution in [2.24, 2.45) is 0 Å². The average Bonchev–Trinajstić information content (AvgIpc) is 2.17. The highest BCUT2D eigenvalue weighted by Crippen LogP contribution is 2.27. The van der Waals surface area contributed by atoms with Crippen LogP contribution in [-0.4, -0.2) is 48.6 Å². The van der Waals surface area contributed by atoms with Crippen LogP contribution in [0.4, 0.5) is 0 Å². The molecule has 1 N–H and O–H groups in total. The monoisotopic (exact) mass is 218 g/mol. The lowest BCUT2D eigenvalue weighted by Gasteiger charge is -2.43. The van der Waals surface area contributed by atoms with E-state index in [0.29, 0.717) is 6.61 Å². The van der Waals surface area contributed by atoms with Gasteiger partial charge >= 0.3 is 5.97 Å². The molecule has 6 nitrogen and oxygen atoms in total. The van der Waals surface area contributed by atoms with Gasteiger partial charge in [-0.1, -0.05) is 0 Å². The van der Waals surface area contributed by atoms with Crippen LogP contribution in [0.5, 0.6) is 0 Å². The Morgan fingerprint density at radius 2 is 1.93 bits per heavy atom. The molecule has 2 aliphatic heterocycles. The number of ether oxygens (including phenoxy) is 4. The van der Waals surface area contributed by atoms with Gasteiger partial charge < -0.3 is 24.1 Å². The van der Waals surface area contributed by atoms with Crippen molar-refractivity contribution in [1.29, 1.82) is 0 Å². The van der Waals surface area contributed by atoms with E-state index in [1.165, 1.54) is 0 Å². The molecule has 2 heterocycles. The maximum absolute atomic E-state index is 11.0. The van der Waals surface area contributed by atoms with Gasteiger partial charge in [0.25, 0.3) is 0 Å². The van der Waals surface area contributed by atoms with E-state index in [9.17, 15) is 4.79 Å². The largest absolute Gasteiger partial charge is 0.479 e. The molecule has 2 rings (SSSR count). The lowest BCUT2D eigenvalue weighted by molar-refractivity contribution is -0.346. The number of rotatable bonds is 1. The van der Waals surface area contributed by atoms with Crippen molar-refractivity contribution in [3.63, 3.8) is 0 Å². The fraction of sp³-hybridized carbons (Fsp3) is 0.889. The zero-order chi connectivity index (χ0) is 11.0. The van der Waals surface area contributed by atoms with Gasteiger partial charge in [-0.15, -0.1) is 0 Å². The predicted molar refractivity (Wildman–Crippen MR) is 47.1 cm³/mol. The molecular formula is C9H14O6. The van der Waals surface area contributed by atoms with E-state index < -0.39 is 30.8 Å². The smallest absolute Gasteiger partial charge is 0.335 e. The molecule has 2 aliphatic rings. The lowest BCUT2D eigenvalue weighted by atomic mass is 10.1. The first-order chi connectivity index (χ1) is 7.08. The van der Waals surface area contributed by atoms with Crippen molar-refractivity contribution < 1.29 is 28.8 Å². The predicted octanol–water partition coefficient (Wildman–Crippen LogP) is -0.0376. The fourth-order valence-electron chi connectivity index (χ4n) is 1.82. The Bertz CT molecular complexity index is 255. The third-order valence-corrected chi connectivity index (χ3v) is 2.46. The molecule has 0 aromatic rings. The van der Waals surface area contributed by atoms with E-state index in [4.69, 9.17) is 24.1 Å². The highest BCUT2D eigenvalue weighted by atomic mass is 16.8. The summed E-state index contributed by atoms with van der Waals surface area (Å²) in [6.07, 6.45) is -2.92. The van der Waals surface area contributed by atoms with Gasteiger partial charge in [0, 0.05) is 0 Å². The Morgan fingerprint density at radius 3 is 2.60 bits per heavy atom. The summed E-state index contributed by atoms with van der Waals surface area (Å²) in [6.45, 7) is 3.71. The molecule has 5 atom stereocenters. The van der Waals surface area contributed by atoms with Crippen molar-refractivity contribution in [3.05, 3.63) is 0 Å². The van der Waals surface area contributed by atoms with Crippen molar-refractivity contribution >= 4 is 5.97 Å². The van der Waals surface area contributed by atoms with Gasteiger partial charge in [0.1, 0.15) is 12.2 Å². The summed E-state index contributed by atoms with van der Waals surface area (Å²) < 4.78 is 21.1. The zero-order valence-electron chi connectivity index (χ0n) is 8.58. The van der Waals surface area contributed by atoms with Crippen molar-refractivity contribution in [2.75, 3.05) is 6.61 Å².